The fourth-order valence-corrected chi connectivity index (χ4v) is 5.31. The molecule has 8 nitrogen and oxygen atoms in total. The Kier molecular flexibility index (Phi) is 6.72. The first-order chi connectivity index (χ1) is 17.2. The Bertz CT molecular complexity index is 1290. The highest BCUT2D eigenvalue weighted by atomic mass is 35.5. The van der Waals surface area contributed by atoms with Crippen molar-refractivity contribution in [2.45, 2.75) is 12.6 Å². The largest absolute Gasteiger partial charge is 0.367 e. The molecule has 3 aliphatic rings. The molecule has 0 bridgehead atoms. The highest BCUT2D eigenvalue weighted by molar-refractivity contribution is 6.35. The molecule has 188 valence electrons. The van der Waals surface area contributed by atoms with Crippen LogP contribution in [-0.4, -0.2) is 95.7 Å². The number of carbonyl (C=O) groups is 2. The van der Waals surface area contributed by atoms with Crippen LogP contribution in [0.3, 0.4) is 0 Å². The van der Waals surface area contributed by atoms with Crippen molar-refractivity contribution in [1.29, 1.82) is 0 Å². The number of hydrogen-bond acceptors (Lipinski definition) is 5. The summed E-state index contributed by atoms with van der Waals surface area (Å²) in [5, 5.41) is 1.02. The molecule has 5 rings (SSSR count). The molecule has 3 amide bonds. The summed E-state index contributed by atoms with van der Waals surface area (Å²) in [6.45, 7) is 3.54. The van der Waals surface area contributed by atoms with E-state index in [1.807, 2.05) is 21.6 Å². The van der Waals surface area contributed by atoms with E-state index in [2.05, 4.69) is 4.90 Å². The van der Waals surface area contributed by atoms with Crippen molar-refractivity contribution in [3.8, 4) is 0 Å². The molecule has 0 aliphatic carbocycles. The molecule has 11 heteroatoms. The van der Waals surface area contributed by atoms with Gasteiger partial charge in [0.2, 0.25) is 0 Å². The fourth-order valence-electron chi connectivity index (χ4n) is 4.85. The van der Waals surface area contributed by atoms with Crippen LogP contribution in [0.15, 0.2) is 47.5 Å². The van der Waals surface area contributed by atoms with Crippen LogP contribution in [0.4, 0.5) is 14.9 Å². The van der Waals surface area contributed by atoms with Gasteiger partial charge in [-0.3, -0.25) is 19.5 Å². The minimum atomic E-state index is -0.723. The van der Waals surface area contributed by atoms with E-state index in [0.29, 0.717) is 66.7 Å². The molecule has 0 spiro atoms. The first-order valence-electron chi connectivity index (χ1n) is 11.7. The fraction of sp³-hybridized carbons (Fsp3) is 0.360. The quantitative estimate of drug-likeness (QED) is 0.556. The molecule has 2 aromatic rings. The monoisotopic (exact) mass is 531 g/mol. The molecule has 0 radical (unpaired) electrons. The molecule has 1 unspecified atom stereocenters. The number of para-hydroxylation sites is 1. The maximum Gasteiger partial charge on any atom is 0.333 e. The van der Waals surface area contributed by atoms with Crippen LogP contribution in [0.1, 0.15) is 5.56 Å². The third-order valence-corrected chi connectivity index (χ3v) is 7.49. The van der Waals surface area contributed by atoms with Gasteiger partial charge in [-0.2, -0.15) is 0 Å². The van der Waals surface area contributed by atoms with Gasteiger partial charge < -0.3 is 4.90 Å². The van der Waals surface area contributed by atoms with Crippen LogP contribution >= 0.6 is 23.2 Å². The number of benzene rings is 2. The van der Waals surface area contributed by atoms with E-state index >= 15 is 0 Å². The van der Waals surface area contributed by atoms with Gasteiger partial charge in [0.05, 0.1) is 5.69 Å². The average Bonchev–Trinajstić information content (AvgIpc) is 3.22. The predicted molar refractivity (Wildman–Crippen MR) is 138 cm³/mol. The topological polar surface area (TPSA) is 62.5 Å². The van der Waals surface area contributed by atoms with Crippen molar-refractivity contribution in [2.75, 3.05) is 51.7 Å². The van der Waals surface area contributed by atoms with Crippen LogP contribution in [0.2, 0.25) is 10.0 Å². The van der Waals surface area contributed by atoms with Crippen molar-refractivity contribution in [2.24, 2.45) is 4.99 Å². The number of aliphatic imine (C=N–C) groups is 1. The van der Waals surface area contributed by atoms with Gasteiger partial charge in [-0.05, 0) is 29.3 Å². The zero-order chi connectivity index (χ0) is 25.6. The van der Waals surface area contributed by atoms with E-state index in [1.54, 1.807) is 31.3 Å². The number of likely N-dealkylation sites (N-methyl/N-ethyl adjacent to an activating group) is 2. The summed E-state index contributed by atoms with van der Waals surface area (Å²) in [5.74, 6) is 0.533. The highest BCUT2D eigenvalue weighted by Gasteiger charge is 2.53. The molecule has 2 fully saturated rings. The number of rotatable bonds is 5. The maximum absolute atomic E-state index is 14.3. The molecule has 1 atom stereocenters. The van der Waals surface area contributed by atoms with E-state index in [0.717, 1.165) is 10.5 Å². The van der Waals surface area contributed by atoms with Gasteiger partial charge in [-0.15, -0.1) is 0 Å². The van der Waals surface area contributed by atoms with Crippen molar-refractivity contribution in [1.82, 2.24) is 14.7 Å². The number of halogens is 3. The number of nitrogens with zero attached hydrogens (tertiary/aromatic N) is 6. The van der Waals surface area contributed by atoms with Crippen LogP contribution in [-0.2, 0) is 11.3 Å². The lowest BCUT2D eigenvalue weighted by atomic mass is 10.1. The zero-order valence-electron chi connectivity index (χ0n) is 20.0. The predicted octanol–water partition coefficient (Wildman–Crippen LogP) is 3.17. The Morgan fingerprint density at radius 1 is 1.03 bits per heavy atom. The third kappa shape index (κ3) is 4.47. The summed E-state index contributed by atoms with van der Waals surface area (Å²) in [4.78, 5) is 37.3. The molecule has 0 aromatic heterocycles. The average molecular weight is 532 g/mol. The smallest absolute Gasteiger partial charge is 0.333 e. The molecular formula is C25H26Cl2FN6O2+. The van der Waals surface area contributed by atoms with Gasteiger partial charge in [0.25, 0.3) is 17.8 Å². The Labute approximate surface area is 218 Å². The Morgan fingerprint density at radius 2 is 1.75 bits per heavy atom. The number of amides is 3. The summed E-state index contributed by atoms with van der Waals surface area (Å²) in [6, 6.07) is 10.9. The molecule has 0 saturated carbocycles. The first kappa shape index (κ1) is 24.7. The summed E-state index contributed by atoms with van der Waals surface area (Å²) < 4.78 is 16.2. The van der Waals surface area contributed by atoms with Crippen molar-refractivity contribution < 1.29 is 18.6 Å². The highest BCUT2D eigenvalue weighted by Crippen LogP contribution is 2.26. The van der Waals surface area contributed by atoms with E-state index in [1.165, 1.54) is 18.0 Å². The van der Waals surface area contributed by atoms with Crippen molar-refractivity contribution in [3.63, 3.8) is 0 Å². The lowest BCUT2D eigenvalue weighted by Gasteiger charge is -2.35. The number of imide groups is 1. The van der Waals surface area contributed by atoms with Crippen LogP contribution < -0.4 is 4.90 Å². The first-order valence-corrected chi connectivity index (χ1v) is 12.4. The number of anilines is 1. The summed E-state index contributed by atoms with van der Waals surface area (Å²) in [5.41, 5.74) is 1.40. The summed E-state index contributed by atoms with van der Waals surface area (Å²) >= 11 is 12.5. The number of piperazine rings is 1. The number of hydrogen-bond donors (Lipinski definition) is 0. The van der Waals surface area contributed by atoms with Gasteiger partial charge >= 0.3 is 11.9 Å². The molecule has 2 saturated heterocycles. The lowest BCUT2D eigenvalue weighted by molar-refractivity contribution is -0.552. The molecule has 36 heavy (non-hydrogen) atoms. The van der Waals surface area contributed by atoms with Crippen LogP contribution in [0, 0.1) is 5.82 Å². The number of carbonyl (C=O) groups excluding carboxylic acids is 2. The Balaban J connectivity index is 1.41. The summed E-state index contributed by atoms with van der Waals surface area (Å²) in [6.07, 6.45) is 0. The third-order valence-electron chi connectivity index (χ3n) is 6.90. The molecule has 2 aromatic carbocycles. The lowest BCUT2D eigenvalue weighted by Crippen LogP contribution is -2.61. The van der Waals surface area contributed by atoms with E-state index in [9.17, 15) is 14.0 Å². The number of urea groups is 1. The SMILES string of the molecule is CN1C(=O)C2C(=NC(CN3CCN(c4ccccc4F)CC3)=[N+]2Cc2ccc(Cl)cc2Cl)N(C)C1=O. The Morgan fingerprint density at radius 3 is 2.44 bits per heavy atom. The molecular weight excluding hydrogens is 506 g/mol. The second-order valence-electron chi connectivity index (χ2n) is 9.11. The van der Waals surface area contributed by atoms with E-state index in [4.69, 9.17) is 28.2 Å². The number of fused-ring (bicyclic) bond motifs is 1. The number of amidine groups is 2. The van der Waals surface area contributed by atoms with Gasteiger partial charge in [-0.1, -0.05) is 41.4 Å². The Hall–Kier alpha value is -3.01. The van der Waals surface area contributed by atoms with Gasteiger partial charge in [-0.25, -0.2) is 13.8 Å². The molecule has 3 heterocycles. The van der Waals surface area contributed by atoms with Crippen LogP contribution in [0.25, 0.3) is 0 Å². The van der Waals surface area contributed by atoms with Crippen molar-refractivity contribution >= 4 is 52.5 Å². The minimum absolute atomic E-state index is 0.229. The maximum atomic E-state index is 14.3. The van der Waals surface area contributed by atoms with Crippen LogP contribution in [0.5, 0.6) is 0 Å². The molecule has 0 N–H and O–H groups in total. The normalized spacial score (nSPS) is 20.9. The van der Waals surface area contributed by atoms with Gasteiger partial charge in [0.15, 0.2) is 0 Å². The van der Waals surface area contributed by atoms with E-state index in [-0.39, 0.29) is 11.7 Å². The second-order valence-corrected chi connectivity index (χ2v) is 9.95. The molecule has 3 aliphatic heterocycles. The minimum Gasteiger partial charge on any atom is -0.367 e. The van der Waals surface area contributed by atoms with E-state index < -0.39 is 12.1 Å². The summed E-state index contributed by atoms with van der Waals surface area (Å²) in [7, 11) is 3.10. The van der Waals surface area contributed by atoms with Gasteiger partial charge in [0.1, 0.15) is 18.9 Å². The zero-order valence-corrected chi connectivity index (χ0v) is 21.5. The second kappa shape index (κ2) is 9.80. The standard InChI is InChI=1S/C25H26Cl2FN6O2/c1-30-23-22(24(35)31(2)25(30)36)34(14-16-7-8-17(26)13-18(16)27)21(29-23)15-32-9-11-33(12-10-32)20-6-4-3-5-19(20)28/h3-8,13,22H,9-12,14-15H2,1-2H3/q+1. The van der Waals surface area contributed by atoms with Gasteiger partial charge in [0, 0.05) is 55.9 Å². The van der Waals surface area contributed by atoms with Crippen molar-refractivity contribution in [3.05, 3.63) is 63.9 Å².